The molecule has 1 saturated heterocycles. The first-order chi connectivity index (χ1) is 12.0. The third kappa shape index (κ3) is 3.77. The number of nitrogens with one attached hydrogen (secondary N) is 1. The highest BCUT2D eigenvalue weighted by Gasteiger charge is 2.26. The molecule has 4 nitrogen and oxygen atoms in total. The van der Waals surface area contributed by atoms with Gasteiger partial charge in [-0.05, 0) is 73.0 Å². The summed E-state index contributed by atoms with van der Waals surface area (Å²) in [5, 5.41) is 3.47. The summed E-state index contributed by atoms with van der Waals surface area (Å²) in [6.07, 6.45) is 0. The summed E-state index contributed by atoms with van der Waals surface area (Å²) in [6, 6.07) is 13.8. The van der Waals surface area contributed by atoms with Gasteiger partial charge in [0.05, 0.1) is 17.7 Å². The minimum Gasteiger partial charge on any atom is -0.497 e. The van der Waals surface area contributed by atoms with Crippen LogP contribution in [0.15, 0.2) is 52.4 Å². The van der Waals surface area contributed by atoms with Crippen molar-refractivity contribution in [1.29, 1.82) is 0 Å². The minimum absolute atomic E-state index is 0.116. The number of rotatable bonds is 3. The van der Waals surface area contributed by atoms with Crippen molar-refractivity contribution in [2.45, 2.75) is 20.8 Å². The SMILES string of the molecule is COc1cccc(/C(C)=C2\SC(=Nc3cc(C)ccc3C)NC2=O)c1. The minimum atomic E-state index is -0.116. The van der Waals surface area contributed by atoms with E-state index in [4.69, 9.17) is 4.74 Å². The van der Waals surface area contributed by atoms with Gasteiger partial charge >= 0.3 is 0 Å². The van der Waals surface area contributed by atoms with Crippen LogP contribution in [0.5, 0.6) is 5.75 Å². The second kappa shape index (κ2) is 7.15. The predicted octanol–water partition coefficient (Wildman–Crippen LogP) is 4.59. The number of aryl methyl sites for hydroxylation is 2. The van der Waals surface area contributed by atoms with Gasteiger partial charge in [-0.1, -0.05) is 24.3 Å². The number of carbonyl (C=O) groups excluding carboxylic acids is 1. The summed E-state index contributed by atoms with van der Waals surface area (Å²) < 4.78 is 5.27. The van der Waals surface area contributed by atoms with Gasteiger partial charge in [0.15, 0.2) is 5.17 Å². The Morgan fingerprint density at radius 1 is 1.16 bits per heavy atom. The molecule has 1 amide bonds. The Hall–Kier alpha value is -2.53. The van der Waals surface area contributed by atoms with Gasteiger partial charge in [-0.15, -0.1) is 0 Å². The van der Waals surface area contributed by atoms with E-state index in [9.17, 15) is 4.79 Å². The molecule has 25 heavy (non-hydrogen) atoms. The molecule has 1 aliphatic heterocycles. The van der Waals surface area contributed by atoms with E-state index in [1.165, 1.54) is 11.8 Å². The zero-order valence-corrected chi connectivity index (χ0v) is 15.5. The number of aliphatic imine (C=N–C) groups is 1. The molecule has 0 atom stereocenters. The van der Waals surface area contributed by atoms with Crippen LogP contribution in [0.1, 0.15) is 23.6 Å². The standard InChI is InChI=1S/C20H20N2O2S/c1-12-8-9-13(2)17(10-12)21-20-22-19(23)18(25-20)14(3)15-6-5-7-16(11-15)24-4/h5-11H,1-4H3,(H,21,22,23)/b18-14-. The summed E-state index contributed by atoms with van der Waals surface area (Å²) in [6.45, 7) is 5.98. The third-order valence-electron chi connectivity index (χ3n) is 4.06. The van der Waals surface area contributed by atoms with Crippen LogP contribution >= 0.6 is 11.8 Å². The maximum atomic E-state index is 12.4. The number of allylic oxidation sites excluding steroid dienone is 1. The van der Waals surface area contributed by atoms with Gasteiger partial charge in [0.2, 0.25) is 0 Å². The first-order valence-corrected chi connectivity index (χ1v) is 8.80. The quantitative estimate of drug-likeness (QED) is 0.822. The van der Waals surface area contributed by atoms with Gasteiger partial charge in [-0.25, -0.2) is 4.99 Å². The molecule has 0 unspecified atom stereocenters. The van der Waals surface area contributed by atoms with Crippen LogP contribution in [0.2, 0.25) is 0 Å². The molecule has 1 aliphatic rings. The van der Waals surface area contributed by atoms with E-state index in [0.29, 0.717) is 10.1 Å². The highest BCUT2D eigenvalue weighted by atomic mass is 32.2. The summed E-state index contributed by atoms with van der Waals surface area (Å²) in [5.74, 6) is 0.652. The molecular weight excluding hydrogens is 332 g/mol. The molecule has 0 aliphatic carbocycles. The first-order valence-electron chi connectivity index (χ1n) is 7.98. The van der Waals surface area contributed by atoms with E-state index in [1.54, 1.807) is 7.11 Å². The largest absolute Gasteiger partial charge is 0.497 e. The Bertz CT molecular complexity index is 900. The van der Waals surface area contributed by atoms with Crippen molar-refractivity contribution in [1.82, 2.24) is 5.32 Å². The maximum absolute atomic E-state index is 12.4. The molecule has 1 heterocycles. The van der Waals surface area contributed by atoms with E-state index in [-0.39, 0.29) is 5.91 Å². The number of ether oxygens (including phenoxy) is 1. The number of methoxy groups -OCH3 is 1. The van der Waals surface area contributed by atoms with E-state index >= 15 is 0 Å². The number of hydrogen-bond donors (Lipinski definition) is 1. The lowest BCUT2D eigenvalue weighted by Gasteiger charge is -2.06. The average molecular weight is 352 g/mol. The molecule has 0 bridgehead atoms. The normalized spacial score (nSPS) is 17.6. The van der Waals surface area contributed by atoms with Gasteiger partial charge in [0.25, 0.3) is 5.91 Å². The molecule has 5 heteroatoms. The Morgan fingerprint density at radius 3 is 2.72 bits per heavy atom. The van der Waals surface area contributed by atoms with Gasteiger partial charge in [0, 0.05) is 0 Å². The van der Waals surface area contributed by atoms with Crippen LogP contribution in [-0.2, 0) is 4.79 Å². The molecule has 0 spiro atoms. The number of hydrogen-bond acceptors (Lipinski definition) is 4. The Morgan fingerprint density at radius 2 is 1.96 bits per heavy atom. The summed E-state index contributed by atoms with van der Waals surface area (Å²) in [4.78, 5) is 17.7. The van der Waals surface area contributed by atoms with Crippen LogP contribution < -0.4 is 10.1 Å². The smallest absolute Gasteiger partial charge is 0.264 e. The number of benzene rings is 2. The maximum Gasteiger partial charge on any atom is 0.264 e. The number of thioether (sulfide) groups is 1. The topological polar surface area (TPSA) is 50.7 Å². The average Bonchev–Trinajstić information content (AvgIpc) is 2.98. The highest BCUT2D eigenvalue weighted by Crippen LogP contribution is 2.34. The fourth-order valence-corrected chi connectivity index (χ4v) is 3.45. The van der Waals surface area contributed by atoms with Gasteiger partial charge in [0.1, 0.15) is 5.75 Å². The van der Waals surface area contributed by atoms with Gasteiger partial charge < -0.3 is 10.1 Å². The molecule has 0 saturated carbocycles. The fraction of sp³-hybridized carbons (Fsp3) is 0.200. The first kappa shape index (κ1) is 17.3. The van der Waals surface area contributed by atoms with Crippen LogP contribution in [-0.4, -0.2) is 18.2 Å². The Balaban J connectivity index is 1.93. The molecule has 1 fully saturated rings. The van der Waals surface area contributed by atoms with Gasteiger partial charge in [-0.2, -0.15) is 0 Å². The number of amidine groups is 1. The zero-order valence-electron chi connectivity index (χ0n) is 14.7. The summed E-state index contributed by atoms with van der Waals surface area (Å²) >= 11 is 1.37. The third-order valence-corrected chi connectivity index (χ3v) is 5.14. The monoisotopic (exact) mass is 352 g/mol. The van der Waals surface area contributed by atoms with Crippen molar-refractivity contribution in [3.05, 3.63) is 64.1 Å². The number of carbonyl (C=O) groups is 1. The van der Waals surface area contributed by atoms with Crippen molar-refractivity contribution < 1.29 is 9.53 Å². The Kier molecular flexibility index (Phi) is 4.95. The van der Waals surface area contributed by atoms with E-state index < -0.39 is 0 Å². The van der Waals surface area contributed by atoms with E-state index in [2.05, 4.69) is 16.4 Å². The lowest BCUT2D eigenvalue weighted by Crippen LogP contribution is -2.19. The van der Waals surface area contributed by atoms with Crippen LogP contribution in [0, 0.1) is 13.8 Å². The van der Waals surface area contributed by atoms with Crippen LogP contribution in [0.4, 0.5) is 5.69 Å². The van der Waals surface area contributed by atoms with Crippen molar-refractivity contribution in [2.75, 3.05) is 7.11 Å². The molecular formula is C20H20N2O2S. The lowest BCUT2D eigenvalue weighted by atomic mass is 10.1. The number of amides is 1. The second-order valence-electron chi connectivity index (χ2n) is 5.95. The molecule has 128 valence electrons. The van der Waals surface area contributed by atoms with Crippen LogP contribution in [0.25, 0.3) is 5.57 Å². The van der Waals surface area contributed by atoms with E-state index in [1.807, 2.05) is 57.2 Å². The lowest BCUT2D eigenvalue weighted by molar-refractivity contribution is -0.115. The molecule has 0 aromatic heterocycles. The predicted molar refractivity (Wildman–Crippen MR) is 104 cm³/mol. The van der Waals surface area contributed by atoms with Crippen LogP contribution in [0.3, 0.4) is 0 Å². The molecule has 2 aromatic carbocycles. The molecule has 2 aromatic rings. The van der Waals surface area contributed by atoms with E-state index in [0.717, 1.165) is 33.7 Å². The van der Waals surface area contributed by atoms with Crippen molar-refractivity contribution in [2.24, 2.45) is 4.99 Å². The molecule has 3 rings (SSSR count). The second-order valence-corrected chi connectivity index (χ2v) is 6.95. The number of nitrogens with zero attached hydrogens (tertiary/aromatic N) is 1. The van der Waals surface area contributed by atoms with Crippen molar-refractivity contribution >= 4 is 34.1 Å². The summed E-state index contributed by atoms with van der Waals surface area (Å²) in [5.41, 5.74) is 4.97. The fourth-order valence-electron chi connectivity index (χ4n) is 2.56. The summed E-state index contributed by atoms with van der Waals surface area (Å²) in [7, 11) is 1.63. The molecule has 0 radical (unpaired) electrons. The Labute approximate surface area is 152 Å². The van der Waals surface area contributed by atoms with Crippen molar-refractivity contribution in [3.8, 4) is 5.75 Å². The highest BCUT2D eigenvalue weighted by molar-refractivity contribution is 8.18. The van der Waals surface area contributed by atoms with Gasteiger partial charge in [-0.3, -0.25) is 4.79 Å². The molecule has 1 N–H and O–H groups in total. The van der Waals surface area contributed by atoms with Crippen molar-refractivity contribution in [3.63, 3.8) is 0 Å². The zero-order chi connectivity index (χ0) is 18.0.